The fourth-order valence-electron chi connectivity index (χ4n) is 3.24. The van der Waals surface area contributed by atoms with E-state index in [2.05, 4.69) is 4.98 Å². The van der Waals surface area contributed by atoms with Gasteiger partial charge in [0.25, 0.3) is 5.91 Å². The smallest absolute Gasteiger partial charge is 0.267 e. The maximum absolute atomic E-state index is 12.7. The molecule has 7 heteroatoms. The van der Waals surface area contributed by atoms with Crippen LogP contribution < -0.4 is 9.47 Å². The van der Waals surface area contributed by atoms with Gasteiger partial charge in [-0.15, -0.1) is 0 Å². The Morgan fingerprint density at radius 2 is 1.75 bits per heavy atom. The number of piperazine rings is 1. The van der Waals surface area contributed by atoms with Crippen LogP contribution in [0.4, 0.5) is 0 Å². The van der Waals surface area contributed by atoms with Gasteiger partial charge in [0.15, 0.2) is 11.5 Å². The molecule has 1 atom stereocenters. The number of hydrogen-bond acceptors (Lipinski definition) is 5. The SMILES string of the molecule is O=C(/C=C/c1cccnc1)N1CCN(C(=O)C2COc3ccccc3O2)CC1. The van der Waals surface area contributed by atoms with Gasteiger partial charge in [0.1, 0.15) is 6.61 Å². The first-order valence-corrected chi connectivity index (χ1v) is 9.25. The largest absolute Gasteiger partial charge is 0.485 e. The number of carbonyl (C=O) groups excluding carboxylic acids is 2. The van der Waals surface area contributed by atoms with E-state index in [0.29, 0.717) is 37.7 Å². The summed E-state index contributed by atoms with van der Waals surface area (Å²) in [6.07, 6.45) is 6.03. The number of aromatic nitrogens is 1. The predicted molar refractivity (Wildman–Crippen MR) is 103 cm³/mol. The second-order valence-electron chi connectivity index (χ2n) is 6.63. The summed E-state index contributed by atoms with van der Waals surface area (Å²) in [4.78, 5) is 32.6. The zero-order valence-corrected chi connectivity index (χ0v) is 15.4. The summed E-state index contributed by atoms with van der Waals surface area (Å²) < 4.78 is 11.4. The van der Waals surface area contributed by atoms with Crippen LogP contribution in [-0.2, 0) is 9.59 Å². The van der Waals surface area contributed by atoms with Crippen molar-refractivity contribution in [1.29, 1.82) is 0 Å². The standard InChI is InChI=1S/C21H21N3O4/c25-20(8-7-16-4-3-9-22-14-16)23-10-12-24(13-11-23)21(26)19-15-27-17-5-1-2-6-18(17)28-19/h1-9,14,19H,10-13,15H2/b8-7+. The van der Waals surface area contributed by atoms with Gasteiger partial charge in [-0.25, -0.2) is 0 Å². The van der Waals surface area contributed by atoms with Crippen LogP contribution >= 0.6 is 0 Å². The average molecular weight is 379 g/mol. The van der Waals surface area contributed by atoms with Gasteiger partial charge in [-0.1, -0.05) is 18.2 Å². The number of carbonyl (C=O) groups is 2. The molecule has 7 nitrogen and oxygen atoms in total. The minimum atomic E-state index is -0.650. The van der Waals surface area contributed by atoms with Gasteiger partial charge in [0, 0.05) is 44.6 Å². The molecule has 1 saturated heterocycles. The molecule has 2 amide bonds. The van der Waals surface area contributed by atoms with Crippen LogP contribution in [0, 0.1) is 0 Å². The van der Waals surface area contributed by atoms with Gasteiger partial charge in [0.05, 0.1) is 0 Å². The summed E-state index contributed by atoms with van der Waals surface area (Å²) in [5.74, 6) is 1.07. The zero-order chi connectivity index (χ0) is 19.3. The van der Waals surface area contributed by atoms with Gasteiger partial charge in [-0.2, -0.15) is 0 Å². The van der Waals surface area contributed by atoms with Crippen LogP contribution in [0.5, 0.6) is 11.5 Å². The molecule has 0 bridgehead atoms. The number of ether oxygens (including phenoxy) is 2. The molecule has 1 aromatic carbocycles. The molecule has 4 rings (SSSR count). The van der Waals surface area contributed by atoms with Crippen molar-refractivity contribution in [3.8, 4) is 11.5 Å². The Morgan fingerprint density at radius 3 is 2.50 bits per heavy atom. The lowest BCUT2D eigenvalue weighted by Gasteiger charge is -2.36. The minimum Gasteiger partial charge on any atom is -0.485 e. The Morgan fingerprint density at radius 1 is 1.00 bits per heavy atom. The topological polar surface area (TPSA) is 72.0 Å². The second-order valence-corrected chi connectivity index (χ2v) is 6.63. The quantitative estimate of drug-likeness (QED) is 0.758. The van der Waals surface area contributed by atoms with E-state index in [1.807, 2.05) is 30.3 Å². The molecular formula is C21H21N3O4. The van der Waals surface area contributed by atoms with E-state index in [4.69, 9.17) is 9.47 Å². The number of fused-ring (bicyclic) bond motifs is 1. The predicted octanol–water partition coefficient (Wildman–Crippen LogP) is 1.61. The third-order valence-corrected chi connectivity index (χ3v) is 4.79. The molecule has 1 fully saturated rings. The molecule has 0 aliphatic carbocycles. The second kappa shape index (κ2) is 8.12. The lowest BCUT2D eigenvalue weighted by molar-refractivity contribution is -0.145. The molecule has 0 radical (unpaired) electrons. The first-order valence-electron chi connectivity index (χ1n) is 9.25. The number of nitrogens with zero attached hydrogens (tertiary/aromatic N) is 3. The molecule has 28 heavy (non-hydrogen) atoms. The van der Waals surface area contributed by atoms with Crippen LogP contribution in [0.15, 0.2) is 54.9 Å². The molecule has 144 valence electrons. The normalized spacial score (nSPS) is 18.9. The number of benzene rings is 1. The zero-order valence-electron chi connectivity index (χ0n) is 15.4. The van der Waals surface area contributed by atoms with Crippen LogP contribution in [0.3, 0.4) is 0 Å². The Bertz CT molecular complexity index is 876. The van der Waals surface area contributed by atoms with Crippen LogP contribution in [0.2, 0.25) is 0 Å². The molecule has 2 aliphatic rings. The van der Waals surface area contributed by atoms with Crippen molar-refractivity contribution in [2.24, 2.45) is 0 Å². The lowest BCUT2D eigenvalue weighted by atomic mass is 10.2. The van der Waals surface area contributed by atoms with E-state index >= 15 is 0 Å². The maximum atomic E-state index is 12.7. The van der Waals surface area contributed by atoms with E-state index in [-0.39, 0.29) is 18.4 Å². The summed E-state index contributed by atoms with van der Waals surface area (Å²) in [5, 5.41) is 0. The summed E-state index contributed by atoms with van der Waals surface area (Å²) in [6, 6.07) is 11.0. The highest BCUT2D eigenvalue weighted by molar-refractivity contribution is 5.92. The number of hydrogen-bond donors (Lipinski definition) is 0. The van der Waals surface area contributed by atoms with Crippen molar-refractivity contribution in [1.82, 2.24) is 14.8 Å². The Hall–Kier alpha value is -3.35. The van der Waals surface area contributed by atoms with Gasteiger partial charge >= 0.3 is 0 Å². The van der Waals surface area contributed by atoms with Gasteiger partial charge in [0.2, 0.25) is 12.0 Å². The fraction of sp³-hybridized carbons (Fsp3) is 0.286. The summed E-state index contributed by atoms with van der Waals surface area (Å²) in [6.45, 7) is 2.14. The average Bonchev–Trinajstić information content (AvgIpc) is 2.77. The molecule has 1 aromatic heterocycles. The van der Waals surface area contributed by atoms with E-state index < -0.39 is 6.10 Å². The molecular weight excluding hydrogens is 358 g/mol. The van der Waals surface area contributed by atoms with Crippen molar-refractivity contribution < 1.29 is 19.1 Å². The monoisotopic (exact) mass is 379 g/mol. The summed E-state index contributed by atoms with van der Waals surface area (Å²) >= 11 is 0. The van der Waals surface area contributed by atoms with Gasteiger partial charge in [-0.3, -0.25) is 14.6 Å². The fourth-order valence-corrected chi connectivity index (χ4v) is 3.24. The van der Waals surface area contributed by atoms with E-state index in [1.54, 1.807) is 40.4 Å². The van der Waals surface area contributed by atoms with Gasteiger partial charge < -0.3 is 19.3 Å². The van der Waals surface area contributed by atoms with Crippen LogP contribution in [0.25, 0.3) is 6.08 Å². The molecule has 3 heterocycles. The molecule has 0 saturated carbocycles. The van der Waals surface area contributed by atoms with Crippen LogP contribution in [0.1, 0.15) is 5.56 Å². The molecule has 2 aliphatic heterocycles. The minimum absolute atomic E-state index is 0.0675. The first-order chi connectivity index (χ1) is 13.7. The van der Waals surface area contributed by atoms with Gasteiger partial charge in [-0.05, 0) is 29.8 Å². The maximum Gasteiger partial charge on any atom is 0.267 e. The van der Waals surface area contributed by atoms with Crippen molar-refractivity contribution in [2.45, 2.75) is 6.10 Å². The first kappa shape index (κ1) is 18.0. The van der Waals surface area contributed by atoms with Crippen LogP contribution in [-0.4, -0.2) is 65.5 Å². The summed E-state index contributed by atoms with van der Waals surface area (Å²) in [7, 11) is 0. The molecule has 1 unspecified atom stereocenters. The number of rotatable bonds is 3. The van der Waals surface area contributed by atoms with E-state index in [9.17, 15) is 9.59 Å². The number of amides is 2. The Kier molecular flexibility index (Phi) is 5.23. The van der Waals surface area contributed by atoms with Crippen molar-refractivity contribution in [2.75, 3.05) is 32.8 Å². The van der Waals surface area contributed by atoms with E-state index in [0.717, 1.165) is 5.56 Å². The number of pyridine rings is 1. The summed E-state index contributed by atoms with van der Waals surface area (Å²) in [5.41, 5.74) is 0.874. The number of para-hydroxylation sites is 2. The third kappa shape index (κ3) is 3.98. The third-order valence-electron chi connectivity index (χ3n) is 4.79. The highest BCUT2D eigenvalue weighted by Gasteiger charge is 2.33. The molecule has 2 aromatic rings. The Labute approximate surface area is 163 Å². The van der Waals surface area contributed by atoms with Crippen molar-refractivity contribution in [3.05, 3.63) is 60.4 Å². The highest BCUT2D eigenvalue weighted by Crippen LogP contribution is 2.31. The molecule has 0 N–H and O–H groups in total. The Balaban J connectivity index is 1.30. The highest BCUT2D eigenvalue weighted by atomic mass is 16.6. The lowest BCUT2D eigenvalue weighted by Crippen LogP contribution is -2.54. The van der Waals surface area contributed by atoms with Crippen molar-refractivity contribution in [3.63, 3.8) is 0 Å². The van der Waals surface area contributed by atoms with E-state index in [1.165, 1.54) is 0 Å². The molecule has 0 spiro atoms. The van der Waals surface area contributed by atoms with Crippen molar-refractivity contribution >= 4 is 17.9 Å².